The lowest BCUT2D eigenvalue weighted by Gasteiger charge is -2.19. The van der Waals surface area contributed by atoms with Crippen LogP contribution in [0.2, 0.25) is 0 Å². The number of likely N-dealkylation sites (N-methyl/N-ethyl adjacent to an activating group) is 2. The molecule has 0 bridgehead atoms. The van der Waals surface area contributed by atoms with Crippen molar-refractivity contribution >= 4 is 39.9 Å². The molecule has 0 saturated carbocycles. The van der Waals surface area contributed by atoms with Crippen LogP contribution in [0.5, 0.6) is 0 Å². The summed E-state index contributed by atoms with van der Waals surface area (Å²) in [5.41, 5.74) is 3.77. The first kappa shape index (κ1) is 22.8. The summed E-state index contributed by atoms with van der Waals surface area (Å²) < 4.78 is 5.64. The van der Waals surface area contributed by atoms with Crippen LogP contribution in [-0.2, 0) is 9.53 Å². The number of anilines is 2. The summed E-state index contributed by atoms with van der Waals surface area (Å²) in [6.07, 6.45) is 6.48. The molecule has 164 valence electrons. The number of nitrogens with one attached hydrogen (secondary N) is 2. The number of rotatable bonds is 8. The fourth-order valence-corrected chi connectivity index (χ4v) is 3.60. The molecule has 1 aliphatic rings. The summed E-state index contributed by atoms with van der Waals surface area (Å²) in [5, 5.41) is 7.55. The number of aromatic nitrogens is 1. The Morgan fingerprint density at radius 1 is 1.26 bits per heavy atom. The number of allylic oxidation sites excluding steroid dienone is 5. The third kappa shape index (κ3) is 6.09. The smallest absolute Gasteiger partial charge is 0.262 e. The lowest BCUT2D eigenvalue weighted by Crippen LogP contribution is -2.27. The van der Waals surface area contributed by atoms with Crippen LogP contribution in [0.15, 0.2) is 58.9 Å². The minimum absolute atomic E-state index is 0.112. The molecule has 31 heavy (non-hydrogen) atoms. The van der Waals surface area contributed by atoms with Gasteiger partial charge in [-0.05, 0) is 69.3 Å². The van der Waals surface area contributed by atoms with Gasteiger partial charge >= 0.3 is 0 Å². The molecule has 1 aromatic heterocycles. The zero-order valence-electron chi connectivity index (χ0n) is 18.5. The number of hydrogen-bond donors (Lipinski definition) is 2. The zero-order chi connectivity index (χ0) is 22.4. The molecule has 7 heteroatoms. The van der Waals surface area contributed by atoms with E-state index in [0.29, 0.717) is 16.5 Å². The molecular weight excluding hydrogens is 412 g/mol. The van der Waals surface area contributed by atoms with Gasteiger partial charge in [0, 0.05) is 31.2 Å². The molecule has 0 radical (unpaired) electrons. The van der Waals surface area contributed by atoms with Crippen molar-refractivity contribution in [2.24, 2.45) is 0 Å². The molecule has 2 N–H and O–H groups in total. The summed E-state index contributed by atoms with van der Waals surface area (Å²) in [6, 6.07) is 7.79. The second-order valence-corrected chi connectivity index (χ2v) is 8.04. The molecular formula is C24H29ClN4O2. The van der Waals surface area contributed by atoms with Crippen molar-refractivity contribution in [1.29, 1.82) is 0 Å². The SMILES string of the molecule is CNCCN(C)c1cc(C)c2cc(NC(=O)COC3=CCC=C(C)C=C3Cl)ccc2n1. The summed E-state index contributed by atoms with van der Waals surface area (Å²) in [7, 11) is 3.97. The first-order valence-electron chi connectivity index (χ1n) is 10.3. The summed E-state index contributed by atoms with van der Waals surface area (Å²) >= 11 is 6.25. The summed E-state index contributed by atoms with van der Waals surface area (Å²) in [6.45, 7) is 5.67. The van der Waals surface area contributed by atoms with E-state index in [2.05, 4.69) is 28.5 Å². The highest BCUT2D eigenvalue weighted by Crippen LogP contribution is 2.25. The van der Waals surface area contributed by atoms with E-state index in [0.717, 1.165) is 47.4 Å². The molecule has 0 spiro atoms. The van der Waals surface area contributed by atoms with Gasteiger partial charge in [0.05, 0.1) is 10.5 Å². The predicted molar refractivity (Wildman–Crippen MR) is 129 cm³/mol. The Morgan fingerprint density at radius 3 is 2.84 bits per heavy atom. The monoisotopic (exact) mass is 440 g/mol. The minimum atomic E-state index is -0.243. The van der Waals surface area contributed by atoms with Crippen molar-refractivity contribution in [2.45, 2.75) is 20.3 Å². The number of amides is 1. The van der Waals surface area contributed by atoms with Gasteiger partial charge in [0.2, 0.25) is 0 Å². The van der Waals surface area contributed by atoms with Crippen molar-refractivity contribution in [3.8, 4) is 0 Å². The third-order valence-electron chi connectivity index (χ3n) is 5.07. The van der Waals surface area contributed by atoms with Crippen molar-refractivity contribution in [3.63, 3.8) is 0 Å². The quantitative estimate of drug-likeness (QED) is 0.632. The summed E-state index contributed by atoms with van der Waals surface area (Å²) in [4.78, 5) is 19.3. The van der Waals surface area contributed by atoms with Crippen LogP contribution < -0.4 is 15.5 Å². The van der Waals surface area contributed by atoms with E-state index in [4.69, 9.17) is 21.3 Å². The number of fused-ring (bicyclic) bond motifs is 1. The van der Waals surface area contributed by atoms with Gasteiger partial charge in [-0.3, -0.25) is 4.79 Å². The average molecular weight is 441 g/mol. The molecule has 0 unspecified atom stereocenters. The maximum atomic E-state index is 12.4. The highest BCUT2D eigenvalue weighted by atomic mass is 35.5. The number of halogens is 1. The Bertz CT molecular complexity index is 1060. The number of nitrogens with zero attached hydrogens (tertiary/aromatic N) is 2. The van der Waals surface area contributed by atoms with Crippen molar-refractivity contribution < 1.29 is 9.53 Å². The highest BCUT2D eigenvalue weighted by Gasteiger charge is 2.12. The van der Waals surface area contributed by atoms with Gasteiger partial charge in [-0.1, -0.05) is 23.3 Å². The van der Waals surface area contributed by atoms with Crippen molar-refractivity contribution in [3.05, 3.63) is 64.4 Å². The zero-order valence-corrected chi connectivity index (χ0v) is 19.2. The molecule has 0 fully saturated rings. The predicted octanol–water partition coefficient (Wildman–Crippen LogP) is 4.51. The first-order chi connectivity index (χ1) is 14.9. The van der Waals surface area contributed by atoms with Crippen LogP contribution >= 0.6 is 11.6 Å². The number of carbonyl (C=O) groups excluding carboxylic acids is 1. The maximum absolute atomic E-state index is 12.4. The molecule has 2 aromatic rings. The Kier molecular flexibility index (Phi) is 7.71. The number of benzene rings is 1. The van der Waals surface area contributed by atoms with E-state index in [1.807, 2.05) is 57.4 Å². The van der Waals surface area contributed by atoms with Gasteiger partial charge in [0.25, 0.3) is 5.91 Å². The van der Waals surface area contributed by atoms with Gasteiger partial charge in [0.15, 0.2) is 6.61 Å². The lowest BCUT2D eigenvalue weighted by atomic mass is 10.1. The molecule has 1 heterocycles. The van der Waals surface area contributed by atoms with Crippen molar-refractivity contribution in [1.82, 2.24) is 10.3 Å². The summed E-state index contributed by atoms with van der Waals surface area (Å²) in [5.74, 6) is 1.21. The van der Waals surface area contributed by atoms with Gasteiger partial charge in [0.1, 0.15) is 11.6 Å². The fraction of sp³-hybridized carbons (Fsp3) is 0.333. The molecule has 1 aliphatic carbocycles. The van der Waals surface area contributed by atoms with E-state index >= 15 is 0 Å². The van der Waals surface area contributed by atoms with Crippen LogP contribution in [-0.4, -0.2) is 44.7 Å². The number of carbonyl (C=O) groups is 1. The molecule has 0 aliphatic heterocycles. The number of pyridine rings is 1. The Morgan fingerprint density at radius 2 is 2.06 bits per heavy atom. The van der Waals surface area contributed by atoms with Crippen LogP contribution in [0, 0.1) is 6.92 Å². The van der Waals surface area contributed by atoms with Crippen LogP contribution in [0.3, 0.4) is 0 Å². The normalized spacial score (nSPS) is 13.8. The van der Waals surface area contributed by atoms with E-state index < -0.39 is 0 Å². The molecule has 1 amide bonds. The topological polar surface area (TPSA) is 66.5 Å². The number of hydrogen-bond acceptors (Lipinski definition) is 5. The van der Waals surface area contributed by atoms with Gasteiger partial charge in [-0.25, -0.2) is 4.98 Å². The number of aryl methyl sites for hydroxylation is 1. The average Bonchev–Trinajstić information content (AvgIpc) is 2.90. The molecule has 0 saturated heterocycles. The van der Waals surface area contributed by atoms with E-state index in [-0.39, 0.29) is 12.5 Å². The van der Waals surface area contributed by atoms with Gasteiger partial charge in [-0.2, -0.15) is 0 Å². The van der Waals surface area contributed by atoms with E-state index in [1.54, 1.807) is 0 Å². The Labute approximate surface area is 188 Å². The third-order valence-corrected chi connectivity index (χ3v) is 5.36. The van der Waals surface area contributed by atoms with E-state index in [1.165, 1.54) is 0 Å². The van der Waals surface area contributed by atoms with E-state index in [9.17, 15) is 4.79 Å². The lowest BCUT2D eigenvalue weighted by molar-refractivity contribution is -0.119. The minimum Gasteiger partial charge on any atom is -0.483 e. The molecule has 3 rings (SSSR count). The standard InChI is InChI=1S/C24H29ClN4O2/c1-16-6-5-7-22(20(25)12-16)31-15-24(30)27-18-8-9-21-19(14-18)17(2)13-23(28-21)29(4)11-10-26-3/h6-9,12-14,26H,5,10-11,15H2,1-4H3,(H,27,30). The second-order valence-electron chi connectivity index (χ2n) is 7.64. The Hall–Kier alpha value is -2.83. The van der Waals surface area contributed by atoms with Crippen molar-refractivity contribution in [2.75, 3.05) is 44.0 Å². The largest absolute Gasteiger partial charge is 0.483 e. The molecule has 6 nitrogen and oxygen atoms in total. The van der Waals surface area contributed by atoms with Crippen LogP contribution in [0.1, 0.15) is 18.9 Å². The first-order valence-corrected chi connectivity index (χ1v) is 10.7. The molecule has 0 atom stereocenters. The van der Waals surface area contributed by atoms with Crippen LogP contribution in [0.4, 0.5) is 11.5 Å². The van der Waals surface area contributed by atoms with Gasteiger partial charge in [-0.15, -0.1) is 0 Å². The highest BCUT2D eigenvalue weighted by molar-refractivity contribution is 6.32. The number of ether oxygens (including phenoxy) is 1. The maximum Gasteiger partial charge on any atom is 0.262 e. The van der Waals surface area contributed by atoms with Crippen LogP contribution in [0.25, 0.3) is 10.9 Å². The Balaban J connectivity index is 1.66. The fourth-order valence-electron chi connectivity index (χ4n) is 3.29. The second kappa shape index (κ2) is 10.5. The molecule has 1 aromatic carbocycles. The van der Waals surface area contributed by atoms with Gasteiger partial charge < -0.3 is 20.3 Å².